The first-order valence-corrected chi connectivity index (χ1v) is 5.68. The van der Waals surface area contributed by atoms with Crippen LogP contribution in [-0.2, 0) is 10.0 Å². The Kier molecular flexibility index (Phi) is 2.98. The minimum absolute atomic E-state index is 0.0440. The van der Waals surface area contributed by atoms with Gasteiger partial charge in [-0.15, -0.1) is 0 Å². The van der Waals surface area contributed by atoms with E-state index in [1.54, 1.807) is 4.72 Å². The quantitative estimate of drug-likeness (QED) is 0.753. The number of carbonyl (C=O) groups is 1. The molecule has 15 heavy (non-hydrogen) atoms. The average molecular weight is 232 g/mol. The number of hydrogen-bond acceptors (Lipinski definition) is 4. The van der Waals surface area contributed by atoms with E-state index in [1.165, 1.54) is 16.9 Å². The van der Waals surface area contributed by atoms with Crippen LogP contribution in [0.15, 0.2) is 17.3 Å². The number of sulfonamides is 1. The number of carbonyl (C=O) groups excluding carboxylic acids is 1. The van der Waals surface area contributed by atoms with E-state index < -0.39 is 16.1 Å². The van der Waals surface area contributed by atoms with Gasteiger partial charge in [-0.2, -0.15) is 13.5 Å². The van der Waals surface area contributed by atoms with Gasteiger partial charge in [-0.25, -0.2) is 9.52 Å². The molecule has 0 fully saturated rings. The van der Waals surface area contributed by atoms with E-state index in [2.05, 4.69) is 5.10 Å². The molecule has 7 nitrogen and oxygen atoms in total. The summed E-state index contributed by atoms with van der Waals surface area (Å²) in [5.74, 6) is 0. The maximum Gasteiger partial charge on any atom is 0.326 e. The van der Waals surface area contributed by atoms with E-state index in [0.29, 0.717) is 0 Å². The highest BCUT2D eigenvalue weighted by atomic mass is 32.2. The molecule has 1 rings (SSSR count). The summed E-state index contributed by atoms with van der Waals surface area (Å²) in [6.07, 6.45) is 1.51. The first kappa shape index (κ1) is 11.5. The fourth-order valence-electron chi connectivity index (χ4n) is 0.936. The molecular weight excluding hydrogens is 220 g/mol. The third-order valence-corrected chi connectivity index (χ3v) is 2.86. The Morgan fingerprint density at radius 2 is 2.20 bits per heavy atom. The van der Waals surface area contributed by atoms with Crippen molar-refractivity contribution in [2.75, 3.05) is 0 Å². The first-order chi connectivity index (χ1) is 6.83. The number of rotatable bonds is 3. The molecule has 0 saturated heterocycles. The minimum atomic E-state index is -3.93. The molecule has 8 heteroatoms. The Labute approximate surface area is 87.3 Å². The van der Waals surface area contributed by atoms with Gasteiger partial charge in [0.2, 0.25) is 0 Å². The lowest BCUT2D eigenvalue weighted by molar-refractivity contribution is 0.253. The molecular formula is C7H12N4O3S. The van der Waals surface area contributed by atoms with Crippen molar-refractivity contribution >= 4 is 16.1 Å². The summed E-state index contributed by atoms with van der Waals surface area (Å²) >= 11 is 0. The monoisotopic (exact) mass is 232 g/mol. The van der Waals surface area contributed by atoms with Crippen molar-refractivity contribution in [2.24, 2.45) is 5.73 Å². The maximum absolute atomic E-state index is 11.4. The van der Waals surface area contributed by atoms with Gasteiger partial charge in [0, 0.05) is 12.2 Å². The van der Waals surface area contributed by atoms with Crippen molar-refractivity contribution in [2.45, 2.75) is 24.9 Å². The van der Waals surface area contributed by atoms with Gasteiger partial charge in [0.1, 0.15) is 0 Å². The second kappa shape index (κ2) is 3.89. The van der Waals surface area contributed by atoms with Gasteiger partial charge in [0.25, 0.3) is 10.0 Å². The predicted molar refractivity (Wildman–Crippen MR) is 52.5 cm³/mol. The number of nitrogens with two attached hydrogens (primary N) is 1. The molecule has 2 amide bonds. The van der Waals surface area contributed by atoms with Gasteiger partial charge in [-0.05, 0) is 19.9 Å². The second-order valence-electron chi connectivity index (χ2n) is 3.20. The van der Waals surface area contributed by atoms with Crippen molar-refractivity contribution < 1.29 is 13.2 Å². The molecule has 3 N–H and O–H groups in total. The van der Waals surface area contributed by atoms with Gasteiger partial charge in [0.15, 0.2) is 5.03 Å². The fraction of sp³-hybridized carbons (Fsp3) is 0.429. The van der Waals surface area contributed by atoms with Gasteiger partial charge in [-0.3, -0.25) is 4.68 Å². The summed E-state index contributed by atoms with van der Waals surface area (Å²) in [6, 6.07) is 0.210. The van der Waals surface area contributed by atoms with Crippen LogP contribution < -0.4 is 10.5 Å². The van der Waals surface area contributed by atoms with Crippen LogP contribution in [0.3, 0.4) is 0 Å². The third-order valence-electron chi connectivity index (χ3n) is 1.62. The molecule has 0 saturated carbocycles. The molecule has 0 spiro atoms. The fourth-order valence-corrected chi connectivity index (χ4v) is 1.75. The number of urea groups is 1. The first-order valence-electron chi connectivity index (χ1n) is 4.20. The SMILES string of the molecule is CC(C)n1ccc(S(=O)(=O)NC(N)=O)n1. The van der Waals surface area contributed by atoms with E-state index in [-0.39, 0.29) is 11.1 Å². The lowest BCUT2D eigenvalue weighted by atomic mass is 10.4. The second-order valence-corrected chi connectivity index (χ2v) is 4.83. The van der Waals surface area contributed by atoms with E-state index in [9.17, 15) is 13.2 Å². The lowest BCUT2D eigenvalue weighted by Crippen LogP contribution is -2.35. The molecule has 0 aliphatic rings. The van der Waals surface area contributed by atoms with Crippen molar-refractivity contribution in [1.82, 2.24) is 14.5 Å². The number of amides is 2. The molecule has 84 valence electrons. The Hall–Kier alpha value is -1.57. The van der Waals surface area contributed by atoms with Crippen LogP contribution in [0.5, 0.6) is 0 Å². The van der Waals surface area contributed by atoms with Crippen LogP contribution in [0, 0.1) is 0 Å². The molecule has 1 heterocycles. The van der Waals surface area contributed by atoms with Gasteiger partial charge in [-0.1, -0.05) is 0 Å². The molecule has 0 aromatic carbocycles. The summed E-state index contributed by atoms with van der Waals surface area (Å²) in [4.78, 5) is 10.4. The smallest absolute Gasteiger partial charge is 0.326 e. The molecule has 0 aliphatic heterocycles. The largest absolute Gasteiger partial charge is 0.351 e. The molecule has 1 aromatic rings. The highest BCUT2D eigenvalue weighted by Gasteiger charge is 2.19. The summed E-state index contributed by atoms with van der Waals surface area (Å²) in [5.41, 5.74) is 4.72. The Balaban J connectivity index is 3.01. The Morgan fingerprint density at radius 1 is 1.60 bits per heavy atom. The summed E-state index contributed by atoms with van der Waals surface area (Å²) in [5, 5.41) is 3.57. The highest BCUT2D eigenvalue weighted by molar-refractivity contribution is 7.90. The zero-order chi connectivity index (χ0) is 11.6. The predicted octanol–water partition coefficient (Wildman–Crippen LogP) is -0.179. The molecule has 0 aliphatic carbocycles. The third kappa shape index (κ3) is 2.69. The maximum atomic E-state index is 11.4. The molecule has 0 atom stereocenters. The van der Waals surface area contributed by atoms with Crippen LogP contribution in [0.4, 0.5) is 4.79 Å². The van der Waals surface area contributed by atoms with Crippen LogP contribution >= 0.6 is 0 Å². The van der Waals surface area contributed by atoms with Gasteiger partial charge in [0.05, 0.1) is 0 Å². The standard InChI is InChI=1S/C7H12N4O3S/c1-5(2)11-4-3-6(9-11)15(13,14)10-7(8)12/h3-5H,1-2H3,(H3,8,10,12). The molecule has 0 bridgehead atoms. The van der Waals surface area contributed by atoms with Crippen LogP contribution in [0.1, 0.15) is 19.9 Å². The minimum Gasteiger partial charge on any atom is -0.351 e. The lowest BCUT2D eigenvalue weighted by Gasteiger charge is -2.04. The Morgan fingerprint density at radius 3 is 2.60 bits per heavy atom. The zero-order valence-electron chi connectivity index (χ0n) is 8.34. The number of nitrogens with one attached hydrogen (secondary N) is 1. The number of hydrogen-bond donors (Lipinski definition) is 2. The van der Waals surface area contributed by atoms with E-state index in [0.717, 1.165) is 0 Å². The van der Waals surface area contributed by atoms with E-state index in [4.69, 9.17) is 5.73 Å². The van der Waals surface area contributed by atoms with E-state index >= 15 is 0 Å². The molecule has 1 aromatic heterocycles. The topological polar surface area (TPSA) is 107 Å². The number of primary amides is 1. The van der Waals surface area contributed by atoms with Gasteiger partial charge >= 0.3 is 6.03 Å². The van der Waals surface area contributed by atoms with Crippen LogP contribution in [-0.4, -0.2) is 24.2 Å². The molecule has 0 unspecified atom stereocenters. The van der Waals surface area contributed by atoms with Crippen LogP contribution in [0.2, 0.25) is 0 Å². The van der Waals surface area contributed by atoms with Crippen molar-refractivity contribution in [1.29, 1.82) is 0 Å². The summed E-state index contributed by atoms with van der Waals surface area (Å²) < 4.78 is 25.9. The Bertz CT molecular complexity index is 462. The van der Waals surface area contributed by atoms with Crippen LogP contribution in [0.25, 0.3) is 0 Å². The normalized spacial score (nSPS) is 11.7. The van der Waals surface area contributed by atoms with E-state index in [1.807, 2.05) is 13.8 Å². The average Bonchev–Trinajstić information content (AvgIpc) is 2.48. The van der Waals surface area contributed by atoms with Crippen molar-refractivity contribution in [3.05, 3.63) is 12.3 Å². The molecule has 0 radical (unpaired) electrons. The van der Waals surface area contributed by atoms with Crippen molar-refractivity contribution in [3.8, 4) is 0 Å². The zero-order valence-corrected chi connectivity index (χ0v) is 9.15. The van der Waals surface area contributed by atoms with Crippen molar-refractivity contribution in [3.63, 3.8) is 0 Å². The summed E-state index contributed by atoms with van der Waals surface area (Å²) in [6.45, 7) is 3.70. The number of aromatic nitrogens is 2. The number of nitrogens with zero attached hydrogens (tertiary/aromatic N) is 2. The highest BCUT2D eigenvalue weighted by Crippen LogP contribution is 2.08. The van der Waals surface area contributed by atoms with Gasteiger partial charge < -0.3 is 5.73 Å². The summed E-state index contributed by atoms with van der Waals surface area (Å²) in [7, 11) is -3.93.